The van der Waals surface area contributed by atoms with Crippen LogP contribution < -0.4 is 5.32 Å². The largest absolute Gasteiger partial charge is 0.459 e. The summed E-state index contributed by atoms with van der Waals surface area (Å²) in [4.78, 5) is 19.9. The molecule has 144 valence electrons. The zero-order valence-electron chi connectivity index (χ0n) is 16.2. The van der Waals surface area contributed by atoms with Crippen LogP contribution in [0, 0.1) is 0 Å². The molecule has 0 saturated heterocycles. The van der Waals surface area contributed by atoms with Crippen molar-refractivity contribution in [2.45, 2.75) is 32.9 Å². The van der Waals surface area contributed by atoms with Crippen LogP contribution in [0.3, 0.4) is 0 Å². The molecule has 0 bridgehead atoms. The van der Waals surface area contributed by atoms with Crippen LogP contribution in [0.4, 0.5) is 0 Å². The summed E-state index contributed by atoms with van der Waals surface area (Å²) in [5.74, 6) is 1.53. The number of aliphatic imine (C=N–C) groups is 1. The molecule has 1 heterocycles. The minimum absolute atomic E-state index is 0. The molecule has 0 aliphatic rings. The molecule has 0 saturated carbocycles. The van der Waals surface area contributed by atoms with E-state index in [-0.39, 0.29) is 42.5 Å². The summed E-state index contributed by atoms with van der Waals surface area (Å²) in [5.41, 5.74) is 0.877. The Morgan fingerprint density at radius 3 is 2.58 bits per heavy atom. The number of amides is 1. The highest BCUT2D eigenvalue weighted by atomic mass is 127. The maximum atomic E-state index is 11.9. The molecule has 1 unspecified atom stereocenters. The lowest BCUT2D eigenvalue weighted by Gasteiger charge is -2.24. The molecule has 1 aromatic carbocycles. The summed E-state index contributed by atoms with van der Waals surface area (Å²) in [6.45, 7) is 4.90. The molecule has 0 radical (unpaired) electrons. The summed E-state index contributed by atoms with van der Waals surface area (Å²) >= 11 is 0. The van der Waals surface area contributed by atoms with E-state index < -0.39 is 0 Å². The Labute approximate surface area is 172 Å². The van der Waals surface area contributed by atoms with E-state index in [1.807, 2.05) is 42.3 Å². The van der Waals surface area contributed by atoms with Gasteiger partial charge in [0, 0.05) is 32.6 Å². The van der Waals surface area contributed by atoms with E-state index in [1.54, 1.807) is 19.0 Å². The molecule has 1 atom stereocenters. The first kappa shape index (κ1) is 22.3. The second kappa shape index (κ2) is 10.4. The van der Waals surface area contributed by atoms with Gasteiger partial charge in [0.05, 0.1) is 6.54 Å². The normalized spacial score (nSPS) is 12.4. The van der Waals surface area contributed by atoms with Crippen molar-refractivity contribution >= 4 is 46.8 Å². The Morgan fingerprint density at radius 2 is 1.96 bits per heavy atom. The number of guanidine groups is 1. The van der Waals surface area contributed by atoms with E-state index in [9.17, 15) is 4.79 Å². The van der Waals surface area contributed by atoms with Gasteiger partial charge in [0.15, 0.2) is 5.96 Å². The fourth-order valence-corrected chi connectivity index (χ4v) is 2.31. The first-order valence-electron chi connectivity index (χ1n) is 8.60. The lowest BCUT2D eigenvalue weighted by atomic mass is 10.2. The van der Waals surface area contributed by atoms with Gasteiger partial charge in [0.1, 0.15) is 17.9 Å². The number of benzene rings is 1. The van der Waals surface area contributed by atoms with Gasteiger partial charge in [-0.3, -0.25) is 4.79 Å². The third kappa shape index (κ3) is 6.19. The molecule has 7 heteroatoms. The van der Waals surface area contributed by atoms with Gasteiger partial charge in [-0.05, 0) is 25.5 Å². The molecule has 0 aliphatic heterocycles. The van der Waals surface area contributed by atoms with E-state index >= 15 is 0 Å². The van der Waals surface area contributed by atoms with Gasteiger partial charge in [0.2, 0.25) is 5.91 Å². The van der Waals surface area contributed by atoms with E-state index in [2.05, 4.69) is 24.2 Å². The van der Waals surface area contributed by atoms with Crippen molar-refractivity contribution in [2.75, 3.05) is 27.7 Å². The number of carbonyl (C=O) groups excluding carboxylic acids is 1. The van der Waals surface area contributed by atoms with E-state index in [0.717, 1.165) is 23.2 Å². The number of hydrogen-bond acceptors (Lipinski definition) is 3. The van der Waals surface area contributed by atoms with Crippen molar-refractivity contribution in [3.8, 4) is 0 Å². The van der Waals surface area contributed by atoms with Crippen LogP contribution in [0.1, 0.15) is 26.0 Å². The van der Waals surface area contributed by atoms with Crippen LogP contribution in [-0.2, 0) is 11.3 Å². The Bertz CT molecular complexity index is 709. The lowest BCUT2D eigenvalue weighted by molar-refractivity contribution is -0.127. The third-order valence-electron chi connectivity index (χ3n) is 4.08. The predicted molar refractivity (Wildman–Crippen MR) is 117 cm³/mol. The number of para-hydroxylation sites is 1. The van der Waals surface area contributed by atoms with Crippen LogP contribution >= 0.6 is 24.0 Å². The number of rotatable bonds is 6. The third-order valence-corrected chi connectivity index (χ3v) is 4.08. The van der Waals surface area contributed by atoms with Gasteiger partial charge >= 0.3 is 0 Å². The van der Waals surface area contributed by atoms with Crippen LogP contribution in [0.5, 0.6) is 0 Å². The number of nitrogens with one attached hydrogen (secondary N) is 1. The second-order valence-electron chi connectivity index (χ2n) is 6.49. The average molecular weight is 472 g/mol. The van der Waals surface area contributed by atoms with E-state index in [1.165, 1.54) is 0 Å². The molecule has 0 fully saturated rings. The molecular formula is C19H29IN4O2. The molecule has 26 heavy (non-hydrogen) atoms. The summed E-state index contributed by atoms with van der Waals surface area (Å²) in [7, 11) is 5.41. The number of nitrogens with zero attached hydrogens (tertiary/aromatic N) is 3. The minimum atomic E-state index is -0.0272. The number of likely N-dealkylation sites (N-methyl/N-ethyl adjacent to an activating group) is 1. The molecule has 1 amide bonds. The topological polar surface area (TPSA) is 61.1 Å². The molecule has 0 spiro atoms. The Hall–Kier alpha value is -1.77. The summed E-state index contributed by atoms with van der Waals surface area (Å²) in [6, 6.07) is 10.3. The smallest absolute Gasteiger partial charge is 0.243 e. The summed E-state index contributed by atoms with van der Waals surface area (Å²) in [5, 5.41) is 4.46. The molecular weight excluding hydrogens is 443 g/mol. The zero-order chi connectivity index (χ0) is 18.4. The first-order chi connectivity index (χ1) is 11.9. The van der Waals surface area contributed by atoms with Gasteiger partial charge in [-0.1, -0.05) is 25.1 Å². The first-order valence-corrected chi connectivity index (χ1v) is 8.60. The van der Waals surface area contributed by atoms with Gasteiger partial charge in [0.25, 0.3) is 0 Å². The highest BCUT2D eigenvalue weighted by molar-refractivity contribution is 14.0. The van der Waals surface area contributed by atoms with Crippen LogP contribution in [-0.4, -0.2) is 55.4 Å². The predicted octanol–water partition coefficient (Wildman–Crippen LogP) is 3.31. The molecule has 1 N–H and O–H groups in total. The van der Waals surface area contributed by atoms with E-state index in [0.29, 0.717) is 12.5 Å². The zero-order valence-corrected chi connectivity index (χ0v) is 18.5. The van der Waals surface area contributed by atoms with Crippen molar-refractivity contribution in [2.24, 2.45) is 4.99 Å². The fraction of sp³-hybridized carbons (Fsp3) is 0.474. The SMILES string of the molecule is CCC(C)NC(=NCC(=O)N(C)C)N(C)Cc1cc2ccccc2o1.I. The highest BCUT2D eigenvalue weighted by Crippen LogP contribution is 2.19. The van der Waals surface area contributed by atoms with Crippen molar-refractivity contribution in [1.29, 1.82) is 0 Å². The summed E-state index contributed by atoms with van der Waals surface area (Å²) in [6.07, 6.45) is 0.971. The number of halogens is 1. The quantitative estimate of drug-likeness (QED) is 0.398. The molecule has 2 rings (SSSR count). The molecule has 0 aliphatic carbocycles. The minimum Gasteiger partial charge on any atom is -0.459 e. The van der Waals surface area contributed by atoms with Crippen molar-refractivity contribution in [1.82, 2.24) is 15.1 Å². The molecule has 1 aromatic heterocycles. The maximum Gasteiger partial charge on any atom is 0.243 e. The Kier molecular flexibility index (Phi) is 8.91. The second-order valence-corrected chi connectivity index (χ2v) is 6.49. The van der Waals surface area contributed by atoms with Crippen molar-refractivity contribution in [3.05, 3.63) is 36.1 Å². The van der Waals surface area contributed by atoms with Crippen LogP contribution in [0.25, 0.3) is 11.0 Å². The molecule has 2 aromatic rings. The lowest BCUT2D eigenvalue weighted by Crippen LogP contribution is -2.43. The van der Waals surface area contributed by atoms with Crippen molar-refractivity contribution in [3.63, 3.8) is 0 Å². The van der Waals surface area contributed by atoms with Crippen LogP contribution in [0.2, 0.25) is 0 Å². The standard InChI is InChI=1S/C19H28N4O2.HI/c1-6-14(2)21-19(20-12-18(24)22(3)4)23(5)13-16-11-15-9-7-8-10-17(15)25-16;/h7-11,14H,6,12-13H2,1-5H3,(H,20,21);1H. The number of fused-ring (bicyclic) bond motifs is 1. The van der Waals surface area contributed by atoms with E-state index in [4.69, 9.17) is 4.42 Å². The van der Waals surface area contributed by atoms with Crippen LogP contribution in [0.15, 0.2) is 39.7 Å². The molecule has 6 nitrogen and oxygen atoms in total. The van der Waals surface area contributed by atoms with Gasteiger partial charge < -0.3 is 19.5 Å². The average Bonchev–Trinajstić information content (AvgIpc) is 2.99. The number of furan rings is 1. The number of carbonyl (C=O) groups is 1. The summed E-state index contributed by atoms with van der Waals surface area (Å²) < 4.78 is 5.88. The monoisotopic (exact) mass is 472 g/mol. The highest BCUT2D eigenvalue weighted by Gasteiger charge is 2.13. The maximum absolute atomic E-state index is 11.9. The van der Waals surface area contributed by atoms with Gasteiger partial charge in [-0.15, -0.1) is 24.0 Å². The van der Waals surface area contributed by atoms with Crippen molar-refractivity contribution < 1.29 is 9.21 Å². The van der Waals surface area contributed by atoms with Gasteiger partial charge in [-0.25, -0.2) is 4.99 Å². The van der Waals surface area contributed by atoms with Gasteiger partial charge in [-0.2, -0.15) is 0 Å². The Balaban J connectivity index is 0.00000338. The number of hydrogen-bond donors (Lipinski definition) is 1. The fourth-order valence-electron chi connectivity index (χ4n) is 2.31. The Morgan fingerprint density at radius 1 is 1.27 bits per heavy atom.